The van der Waals surface area contributed by atoms with E-state index in [0.717, 1.165) is 37.7 Å². The number of carbonyl (C=O) groups is 1. The third kappa shape index (κ3) is 15.9. The molecule has 7 nitrogen and oxygen atoms in total. The molecule has 6 atom stereocenters. The second kappa shape index (κ2) is 22.9. The van der Waals surface area contributed by atoms with Crippen LogP contribution in [0.5, 0.6) is 0 Å². The average Bonchev–Trinajstić information content (AvgIpc) is 3.00. The Hall–Kier alpha value is -1.51. The molecule has 0 aliphatic carbocycles. The zero-order chi connectivity index (χ0) is 31.3. The van der Waals surface area contributed by atoms with Gasteiger partial charge in [-0.1, -0.05) is 115 Å². The summed E-state index contributed by atoms with van der Waals surface area (Å²) in [6.07, 6.45) is 17.7. The second-order valence-corrected chi connectivity index (χ2v) is 12.9. The number of hydrogen-bond donors (Lipinski definition) is 4. The van der Waals surface area contributed by atoms with Crippen LogP contribution >= 0.6 is 0 Å². The monoisotopic (exact) mass is 605 g/mol. The number of aryl methyl sites for hydroxylation is 1. The molecule has 0 bridgehead atoms. The van der Waals surface area contributed by atoms with Crippen molar-refractivity contribution >= 4 is 5.91 Å². The summed E-state index contributed by atoms with van der Waals surface area (Å²) in [6, 6.07) is 6.97. The van der Waals surface area contributed by atoms with Gasteiger partial charge in [0.1, 0.15) is 6.10 Å². The molecule has 7 heteroatoms. The highest BCUT2D eigenvalue weighted by atomic mass is 16.5. The largest absolute Gasteiger partial charge is 0.394 e. The van der Waals surface area contributed by atoms with E-state index in [9.17, 15) is 20.1 Å². The van der Waals surface area contributed by atoms with Gasteiger partial charge in [0, 0.05) is 12.2 Å². The van der Waals surface area contributed by atoms with Gasteiger partial charge in [0.15, 0.2) is 0 Å². The minimum atomic E-state index is -0.670. The zero-order valence-electron chi connectivity index (χ0n) is 27.5. The fraction of sp³-hybridized carbons (Fsp3) is 0.806. The molecule has 0 spiro atoms. The quantitative estimate of drug-likeness (QED) is 0.0957. The van der Waals surface area contributed by atoms with E-state index >= 15 is 0 Å². The van der Waals surface area contributed by atoms with E-state index in [4.69, 9.17) is 9.47 Å². The van der Waals surface area contributed by atoms with E-state index in [2.05, 4.69) is 12.2 Å². The predicted molar refractivity (Wildman–Crippen MR) is 174 cm³/mol. The van der Waals surface area contributed by atoms with E-state index < -0.39 is 24.4 Å². The third-order valence-electron chi connectivity index (χ3n) is 8.96. The van der Waals surface area contributed by atoms with Crippen LogP contribution in [0.3, 0.4) is 0 Å². The summed E-state index contributed by atoms with van der Waals surface area (Å²) in [7, 11) is 0. The molecule has 4 N–H and O–H groups in total. The number of hydrogen-bond acceptors (Lipinski definition) is 6. The number of rotatable bonds is 24. The fourth-order valence-electron chi connectivity index (χ4n) is 6.04. The lowest BCUT2D eigenvalue weighted by atomic mass is 9.89. The van der Waals surface area contributed by atoms with Crippen molar-refractivity contribution in [2.75, 3.05) is 19.8 Å². The standard InChI is InChI=1S/C36H63NO6/c1-4-5-6-7-8-9-10-11-12-13-14-15-16-19-33(39)32(37-36(41)30-22-20-28(2)21-23-30)27-42-24-17-18-31-25-29(3)35(40)34(26-38)43-31/h20-23,29,31-35,38-40H,4-19,24-27H2,1-3H3,(H,37,41). The Labute approximate surface area is 262 Å². The van der Waals surface area contributed by atoms with Gasteiger partial charge < -0.3 is 30.1 Å². The van der Waals surface area contributed by atoms with Crippen LogP contribution in [0.2, 0.25) is 0 Å². The zero-order valence-corrected chi connectivity index (χ0v) is 27.5. The molecule has 1 amide bonds. The molecule has 0 saturated carbocycles. The summed E-state index contributed by atoms with van der Waals surface area (Å²) in [6.45, 7) is 6.79. The Morgan fingerprint density at radius 2 is 1.53 bits per heavy atom. The highest BCUT2D eigenvalue weighted by Gasteiger charge is 2.34. The normalized spacial score (nSPS) is 21.9. The molecule has 6 unspecified atom stereocenters. The summed E-state index contributed by atoms with van der Waals surface area (Å²) < 4.78 is 11.8. The molecule has 0 radical (unpaired) electrons. The topological polar surface area (TPSA) is 108 Å². The van der Waals surface area contributed by atoms with Gasteiger partial charge in [0.25, 0.3) is 5.91 Å². The van der Waals surface area contributed by atoms with Crippen LogP contribution in [0.15, 0.2) is 24.3 Å². The van der Waals surface area contributed by atoms with Crippen molar-refractivity contribution < 1.29 is 29.6 Å². The first kappa shape index (κ1) is 37.7. The average molecular weight is 606 g/mol. The first-order chi connectivity index (χ1) is 20.8. The van der Waals surface area contributed by atoms with E-state index in [1.807, 2.05) is 38.1 Å². The minimum absolute atomic E-state index is 0.0164. The van der Waals surface area contributed by atoms with Gasteiger partial charge in [-0.25, -0.2) is 0 Å². The number of ether oxygens (including phenoxy) is 2. The first-order valence-corrected chi connectivity index (χ1v) is 17.4. The number of aliphatic hydroxyl groups is 3. The Kier molecular flexibility index (Phi) is 20.1. The van der Waals surface area contributed by atoms with Gasteiger partial charge in [-0.15, -0.1) is 0 Å². The molecule has 2 rings (SSSR count). The molecule has 0 aromatic heterocycles. The summed E-state index contributed by atoms with van der Waals surface area (Å²) in [5.41, 5.74) is 1.67. The number of benzene rings is 1. The van der Waals surface area contributed by atoms with Gasteiger partial charge in [0.2, 0.25) is 0 Å². The van der Waals surface area contributed by atoms with E-state index in [1.54, 1.807) is 0 Å². The van der Waals surface area contributed by atoms with Crippen molar-refractivity contribution in [3.63, 3.8) is 0 Å². The van der Waals surface area contributed by atoms with Crippen LogP contribution < -0.4 is 5.32 Å². The molecule has 1 saturated heterocycles. The molecule has 43 heavy (non-hydrogen) atoms. The van der Waals surface area contributed by atoms with E-state index in [1.165, 1.54) is 70.6 Å². The van der Waals surface area contributed by atoms with Crippen LogP contribution in [0.25, 0.3) is 0 Å². The molecule has 248 valence electrons. The summed E-state index contributed by atoms with van der Waals surface area (Å²) >= 11 is 0. The number of carbonyl (C=O) groups excluding carboxylic acids is 1. The highest BCUT2D eigenvalue weighted by Crippen LogP contribution is 2.27. The number of amides is 1. The molecule has 1 heterocycles. The van der Waals surface area contributed by atoms with Crippen molar-refractivity contribution in [1.82, 2.24) is 5.32 Å². The number of aliphatic hydroxyl groups excluding tert-OH is 3. The third-order valence-corrected chi connectivity index (χ3v) is 8.96. The van der Waals surface area contributed by atoms with Crippen LogP contribution in [0, 0.1) is 12.8 Å². The van der Waals surface area contributed by atoms with Crippen LogP contribution in [0.1, 0.15) is 139 Å². The maximum absolute atomic E-state index is 12.9. The summed E-state index contributed by atoms with van der Waals surface area (Å²) in [5.74, 6) is -0.116. The molecule has 1 aliphatic heterocycles. The van der Waals surface area contributed by atoms with Crippen molar-refractivity contribution in [2.45, 2.75) is 160 Å². The SMILES string of the molecule is CCCCCCCCCCCCCCCC(O)C(COCCCC1CC(C)C(O)C(CO)O1)NC(=O)c1ccc(C)cc1. The van der Waals surface area contributed by atoms with Gasteiger partial charge in [-0.05, 0) is 50.7 Å². The van der Waals surface area contributed by atoms with Gasteiger partial charge >= 0.3 is 0 Å². The summed E-state index contributed by atoms with van der Waals surface area (Å²) in [5, 5.41) is 33.7. The lowest BCUT2D eigenvalue weighted by molar-refractivity contribution is -0.157. The Morgan fingerprint density at radius 1 is 0.953 bits per heavy atom. The predicted octanol–water partition coefficient (Wildman–Crippen LogP) is 6.88. The van der Waals surface area contributed by atoms with Crippen molar-refractivity contribution in [3.05, 3.63) is 35.4 Å². The smallest absolute Gasteiger partial charge is 0.251 e. The van der Waals surface area contributed by atoms with Crippen LogP contribution in [0.4, 0.5) is 0 Å². The molecule has 1 aromatic rings. The lowest BCUT2D eigenvalue weighted by Gasteiger charge is -2.37. The first-order valence-electron chi connectivity index (χ1n) is 17.4. The molecular formula is C36H63NO6. The van der Waals surface area contributed by atoms with E-state index in [0.29, 0.717) is 18.6 Å². The molecule has 1 aromatic carbocycles. The minimum Gasteiger partial charge on any atom is -0.394 e. The van der Waals surface area contributed by atoms with Crippen molar-refractivity contribution in [3.8, 4) is 0 Å². The fourth-order valence-corrected chi connectivity index (χ4v) is 6.04. The molecule has 1 aliphatic rings. The maximum atomic E-state index is 12.9. The van der Waals surface area contributed by atoms with Crippen molar-refractivity contribution in [2.24, 2.45) is 5.92 Å². The summed E-state index contributed by atoms with van der Waals surface area (Å²) in [4.78, 5) is 12.9. The second-order valence-electron chi connectivity index (χ2n) is 12.9. The Morgan fingerprint density at radius 3 is 2.12 bits per heavy atom. The van der Waals surface area contributed by atoms with Crippen LogP contribution in [-0.4, -0.2) is 71.5 Å². The van der Waals surface area contributed by atoms with E-state index in [-0.39, 0.29) is 31.1 Å². The Balaban J connectivity index is 1.69. The van der Waals surface area contributed by atoms with Crippen molar-refractivity contribution in [1.29, 1.82) is 0 Å². The molecular weight excluding hydrogens is 542 g/mol. The maximum Gasteiger partial charge on any atom is 0.251 e. The van der Waals surface area contributed by atoms with Gasteiger partial charge in [-0.3, -0.25) is 4.79 Å². The van der Waals surface area contributed by atoms with Gasteiger partial charge in [-0.2, -0.15) is 0 Å². The molecule has 1 fully saturated rings. The highest BCUT2D eigenvalue weighted by molar-refractivity contribution is 5.94. The number of nitrogens with one attached hydrogen (secondary N) is 1. The lowest BCUT2D eigenvalue weighted by Crippen LogP contribution is -2.46. The number of unbranched alkanes of at least 4 members (excludes halogenated alkanes) is 12. The Bertz CT molecular complexity index is 834. The van der Waals surface area contributed by atoms with Gasteiger partial charge in [0.05, 0.1) is 37.6 Å². The van der Waals surface area contributed by atoms with Crippen LogP contribution in [-0.2, 0) is 9.47 Å².